The number of aromatic nitrogens is 1. The fraction of sp³-hybridized carbons (Fsp3) is 0.455. The van der Waals surface area contributed by atoms with Gasteiger partial charge >= 0.3 is 0 Å². The van der Waals surface area contributed by atoms with Crippen LogP contribution in [0.1, 0.15) is 16.8 Å². The molecule has 0 aliphatic rings. The molecule has 0 saturated carbocycles. The lowest BCUT2D eigenvalue weighted by Crippen LogP contribution is -2.38. The molecule has 4 nitrogen and oxygen atoms in total. The number of hydrogen-bond acceptors (Lipinski definition) is 3. The first-order valence-corrected chi connectivity index (χ1v) is 5.67. The van der Waals surface area contributed by atoms with Crippen molar-refractivity contribution in [1.29, 1.82) is 0 Å². The predicted molar refractivity (Wildman–Crippen MR) is 62.7 cm³/mol. The maximum absolute atomic E-state index is 12.9. The molecule has 1 heterocycles. The van der Waals surface area contributed by atoms with E-state index in [9.17, 15) is 9.18 Å². The Morgan fingerprint density at radius 1 is 1.65 bits per heavy atom. The van der Waals surface area contributed by atoms with Gasteiger partial charge in [0.2, 0.25) is 0 Å². The zero-order valence-corrected chi connectivity index (χ0v) is 10.2. The van der Waals surface area contributed by atoms with Crippen LogP contribution in [0.3, 0.4) is 0 Å². The summed E-state index contributed by atoms with van der Waals surface area (Å²) in [5, 5.41) is 2.71. The molecule has 1 N–H and O–H groups in total. The van der Waals surface area contributed by atoms with Crippen molar-refractivity contribution in [1.82, 2.24) is 10.3 Å². The number of nitrogens with zero attached hydrogens (tertiary/aromatic N) is 1. The summed E-state index contributed by atoms with van der Waals surface area (Å²) in [5.74, 6) is -0.516. The van der Waals surface area contributed by atoms with Crippen molar-refractivity contribution in [2.75, 3.05) is 19.6 Å². The fourth-order valence-corrected chi connectivity index (χ4v) is 1.60. The number of nitrogens with one attached hydrogen (secondary N) is 1. The Hall–Kier alpha value is -1.20. The standard InChI is InChI=1S/C11H14ClFN2O2/c1-17-7-10(2-3-12)15-11(16)8-4-9(13)6-14-5-8/h4-6,10H,2-3,7H2,1H3,(H,15,16). The van der Waals surface area contributed by atoms with Crippen molar-refractivity contribution in [3.63, 3.8) is 0 Å². The maximum atomic E-state index is 12.9. The van der Waals surface area contributed by atoms with Crippen LogP contribution in [0.4, 0.5) is 4.39 Å². The first-order valence-electron chi connectivity index (χ1n) is 5.13. The molecule has 0 spiro atoms. The van der Waals surface area contributed by atoms with E-state index in [0.717, 1.165) is 12.3 Å². The summed E-state index contributed by atoms with van der Waals surface area (Å²) in [6.07, 6.45) is 2.94. The molecular formula is C11H14ClFN2O2. The molecule has 1 unspecified atom stereocenters. The molecule has 1 aromatic heterocycles. The van der Waals surface area contributed by atoms with Gasteiger partial charge < -0.3 is 10.1 Å². The Kier molecular flexibility index (Phi) is 5.86. The number of rotatable bonds is 6. The lowest BCUT2D eigenvalue weighted by atomic mass is 10.2. The van der Waals surface area contributed by atoms with Crippen molar-refractivity contribution in [2.45, 2.75) is 12.5 Å². The second-order valence-electron chi connectivity index (χ2n) is 3.50. The highest BCUT2D eigenvalue weighted by molar-refractivity contribution is 6.17. The summed E-state index contributed by atoms with van der Waals surface area (Å²) < 4.78 is 17.8. The van der Waals surface area contributed by atoms with Gasteiger partial charge in [-0.05, 0) is 12.5 Å². The van der Waals surface area contributed by atoms with E-state index in [-0.39, 0.29) is 17.5 Å². The molecule has 94 valence electrons. The molecule has 0 aliphatic heterocycles. The smallest absolute Gasteiger partial charge is 0.253 e. The Morgan fingerprint density at radius 2 is 2.41 bits per heavy atom. The number of hydrogen-bond donors (Lipinski definition) is 1. The van der Waals surface area contributed by atoms with E-state index < -0.39 is 5.82 Å². The molecule has 0 aromatic carbocycles. The van der Waals surface area contributed by atoms with Gasteiger partial charge in [0.1, 0.15) is 5.82 Å². The van der Waals surface area contributed by atoms with Gasteiger partial charge in [-0.15, -0.1) is 11.6 Å². The highest BCUT2D eigenvalue weighted by Gasteiger charge is 2.13. The second kappa shape index (κ2) is 7.19. The number of carbonyl (C=O) groups excluding carboxylic acids is 1. The Bertz CT molecular complexity index is 370. The average Bonchev–Trinajstić information content (AvgIpc) is 2.29. The highest BCUT2D eigenvalue weighted by atomic mass is 35.5. The van der Waals surface area contributed by atoms with E-state index in [1.807, 2.05) is 0 Å². The number of methoxy groups -OCH3 is 1. The summed E-state index contributed by atoms with van der Waals surface area (Å²) >= 11 is 5.61. The number of ether oxygens (including phenoxy) is 1. The van der Waals surface area contributed by atoms with Gasteiger partial charge in [0, 0.05) is 19.2 Å². The molecule has 1 rings (SSSR count). The summed E-state index contributed by atoms with van der Waals surface area (Å²) in [4.78, 5) is 15.4. The van der Waals surface area contributed by atoms with Gasteiger partial charge in [-0.25, -0.2) is 4.39 Å². The second-order valence-corrected chi connectivity index (χ2v) is 3.87. The van der Waals surface area contributed by atoms with Crippen molar-refractivity contribution >= 4 is 17.5 Å². The molecule has 0 bridgehead atoms. The van der Waals surface area contributed by atoms with E-state index in [2.05, 4.69) is 10.3 Å². The molecule has 1 atom stereocenters. The quantitative estimate of drug-likeness (QED) is 0.791. The van der Waals surface area contributed by atoms with Crippen molar-refractivity contribution in [3.8, 4) is 0 Å². The molecule has 0 radical (unpaired) electrons. The van der Waals surface area contributed by atoms with Crippen LogP contribution in [0.5, 0.6) is 0 Å². The van der Waals surface area contributed by atoms with Crippen LogP contribution < -0.4 is 5.32 Å². The van der Waals surface area contributed by atoms with Gasteiger partial charge in [0.15, 0.2) is 0 Å². The normalized spacial score (nSPS) is 12.2. The summed E-state index contributed by atoms with van der Waals surface area (Å²) in [6, 6.07) is 0.945. The third kappa shape index (κ3) is 4.66. The largest absolute Gasteiger partial charge is 0.383 e. The first kappa shape index (κ1) is 13.9. The lowest BCUT2D eigenvalue weighted by Gasteiger charge is -2.16. The predicted octanol–water partition coefficient (Wildman–Crippen LogP) is 1.59. The van der Waals surface area contributed by atoms with E-state index in [0.29, 0.717) is 18.9 Å². The molecule has 1 aromatic rings. The average molecular weight is 261 g/mol. The maximum Gasteiger partial charge on any atom is 0.253 e. The molecule has 0 fully saturated rings. The molecule has 1 amide bonds. The summed E-state index contributed by atoms with van der Waals surface area (Å²) in [7, 11) is 1.54. The Morgan fingerprint density at radius 3 is 3.00 bits per heavy atom. The van der Waals surface area contributed by atoms with Gasteiger partial charge in [-0.3, -0.25) is 9.78 Å². The Balaban J connectivity index is 2.63. The fourth-order valence-electron chi connectivity index (χ4n) is 1.33. The molecule has 17 heavy (non-hydrogen) atoms. The van der Waals surface area contributed by atoms with Crippen LogP contribution in [0, 0.1) is 5.82 Å². The minimum Gasteiger partial charge on any atom is -0.383 e. The molecular weight excluding hydrogens is 247 g/mol. The topological polar surface area (TPSA) is 51.2 Å². The SMILES string of the molecule is COCC(CCCl)NC(=O)c1cncc(F)c1. The number of amides is 1. The van der Waals surface area contributed by atoms with Crippen LogP contribution in [-0.4, -0.2) is 36.5 Å². The van der Waals surface area contributed by atoms with Crippen LogP contribution in [-0.2, 0) is 4.74 Å². The van der Waals surface area contributed by atoms with E-state index in [4.69, 9.17) is 16.3 Å². The van der Waals surface area contributed by atoms with E-state index in [1.165, 1.54) is 13.3 Å². The van der Waals surface area contributed by atoms with Crippen molar-refractivity contribution in [2.24, 2.45) is 0 Å². The highest BCUT2D eigenvalue weighted by Crippen LogP contribution is 2.03. The van der Waals surface area contributed by atoms with Crippen LogP contribution in [0.15, 0.2) is 18.5 Å². The van der Waals surface area contributed by atoms with Gasteiger partial charge in [-0.2, -0.15) is 0 Å². The first-order chi connectivity index (χ1) is 8.17. The number of pyridine rings is 1. The van der Waals surface area contributed by atoms with E-state index >= 15 is 0 Å². The third-order valence-electron chi connectivity index (χ3n) is 2.13. The van der Waals surface area contributed by atoms with Crippen molar-refractivity contribution in [3.05, 3.63) is 29.8 Å². The molecule has 0 aliphatic carbocycles. The number of carbonyl (C=O) groups is 1. The summed E-state index contributed by atoms with van der Waals surface area (Å²) in [5.41, 5.74) is 0.181. The van der Waals surface area contributed by atoms with Crippen LogP contribution in [0.25, 0.3) is 0 Å². The minimum atomic E-state index is -0.543. The Labute approximate surface area is 104 Å². The minimum absolute atomic E-state index is 0.181. The van der Waals surface area contributed by atoms with Crippen LogP contribution >= 0.6 is 11.6 Å². The molecule has 6 heteroatoms. The van der Waals surface area contributed by atoms with Gasteiger partial charge in [0.05, 0.1) is 24.4 Å². The van der Waals surface area contributed by atoms with E-state index in [1.54, 1.807) is 0 Å². The van der Waals surface area contributed by atoms with Crippen LogP contribution in [0.2, 0.25) is 0 Å². The lowest BCUT2D eigenvalue weighted by molar-refractivity contribution is 0.0894. The van der Waals surface area contributed by atoms with Crippen molar-refractivity contribution < 1.29 is 13.9 Å². The molecule has 0 saturated heterocycles. The number of halogens is 2. The number of alkyl halides is 1. The van der Waals surface area contributed by atoms with Gasteiger partial charge in [0.25, 0.3) is 5.91 Å². The third-order valence-corrected chi connectivity index (χ3v) is 2.35. The summed E-state index contributed by atoms with van der Waals surface area (Å²) in [6.45, 7) is 0.362. The zero-order valence-electron chi connectivity index (χ0n) is 9.45. The zero-order chi connectivity index (χ0) is 12.7. The van der Waals surface area contributed by atoms with Gasteiger partial charge in [-0.1, -0.05) is 0 Å². The monoisotopic (exact) mass is 260 g/mol.